The summed E-state index contributed by atoms with van der Waals surface area (Å²) in [6.07, 6.45) is 3.59. The molecule has 0 spiro atoms. The molecule has 2 fully saturated rings. The van der Waals surface area contributed by atoms with E-state index < -0.39 is 11.6 Å². The van der Waals surface area contributed by atoms with Crippen LogP contribution in [0.1, 0.15) is 46.5 Å². The molecule has 2 unspecified atom stereocenters. The molecule has 1 amide bonds. The lowest BCUT2D eigenvalue weighted by Crippen LogP contribution is -2.50. The summed E-state index contributed by atoms with van der Waals surface area (Å²) in [4.78, 5) is 25.2. The molecule has 0 aromatic carbocycles. The Morgan fingerprint density at radius 1 is 1.20 bits per heavy atom. The third-order valence-corrected chi connectivity index (χ3v) is 4.38. The zero-order valence-corrected chi connectivity index (χ0v) is 12.6. The summed E-state index contributed by atoms with van der Waals surface area (Å²) in [6, 6.07) is 0. The molecule has 0 bridgehead atoms. The van der Waals surface area contributed by atoms with Crippen molar-refractivity contribution in [3.8, 4) is 0 Å². The fourth-order valence-electron chi connectivity index (χ4n) is 3.13. The molecule has 2 rings (SSSR count). The molecule has 1 N–H and O–H groups in total. The smallest absolute Gasteiger partial charge is 0.410 e. The first-order chi connectivity index (χ1) is 9.28. The third-order valence-electron chi connectivity index (χ3n) is 4.38. The van der Waals surface area contributed by atoms with Gasteiger partial charge < -0.3 is 14.7 Å². The number of piperidine rings is 1. The van der Waals surface area contributed by atoms with Crippen molar-refractivity contribution in [3.63, 3.8) is 0 Å². The van der Waals surface area contributed by atoms with Crippen LogP contribution in [0, 0.1) is 17.8 Å². The van der Waals surface area contributed by atoms with Crippen LogP contribution >= 0.6 is 0 Å². The first kappa shape index (κ1) is 15.1. The van der Waals surface area contributed by atoms with E-state index in [2.05, 4.69) is 0 Å². The lowest BCUT2D eigenvalue weighted by molar-refractivity contribution is -0.147. The zero-order valence-electron chi connectivity index (χ0n) is 12.6. The van der Waals surface area contributed by atoms with Crippen molar-refractivity contribution in [1.29, 1.82) is 0 Å². The van der Waals surface area contributed by atoms with Crippen LogP contribution in [0.25, 0.3) is 0 Å². The highest BCUT2D eigenvalue weighted by atomic mass is 16.6. The summed E-state index contributed by atoms with van der Waals surface area (Å²) in [7, 11) is 0. The predicted molar refractivity (Wildman–Crippen MR) is 74.4 cm³/mol. The molecular formula is C15H25NO4. The Balaban J connectivity index is 2.01. The van der Waals surface area contributed by atoms with E-state index in [0.717, 1.165) is 12.8 Å². The molecule has 20 heavy (non-hydrogen) atoms. The number of ether oxygens (including phenoxy) is 1. The average molecular weight is 283 g/mol. The fraction of sp³-hybridized carbons (Fsp3) is 0.867. The van der Waals surface area contributed by atoms with Crippen LogP contribution in [-0.4, -0.2) is 40.8 Å². The second-order valence-corrected chi connectivity index (χ2v) is 7.01. The van der Waals surface area contributed by atoms with Crippen molar-refractivity contribution in [2.24, 2.45) is 17.8 Å². The number of aliphatic carboxylic acids is 1. The standard InChI is InChI=1S/C15H25NO4/c1-15(2,3)20-14(19)16-8-7-11(13(17)18)12(9-16)10-5-4-6-10/h10-12H,4-9H2,1-3H3,(H,17,18). The number of rotatable bonds is 2. The number of nitrogens with zero attached hydrogens (tertiary/aromatic N) is 1. The Kier molecular flexibility index (Phi) is 4.25. The van der Waals surface area contributed by atoms with Crippen molar-refractivity contribution in [2.75, 3.05) is 13.1 Å². The highest BCUT2D eigenvalue weighted by Gasteiger charge is 2.42. The summed E-state index contributed by atoms with van der Waals surface area (Å²) < 4.78 is 5.39. The maximum absolute atomic E-state index is 12.1. The molecule has 2 aliphatic rings. The fourth-order valence-corrected chi connectivity index (χ4v) is 3.13. The Labute approximate surface area is 120 Å². The number of carbonyl (C=O) groups is 2. The van der Waals surface area contributed by atoms with E-state index in [0.29, 0.717) is 25.4 Å². The van der Waals surface area contributed by atoms with Crippen LogP contribution in [0.5, 0.6) is 0 Å². The van der Waals surface area contributed by atoms with Crippen LogP contribution in [0.15, 0.2) is 0 Å². The van der Waals surface area contributed by atoms with Gasteiger partial charge in [0.2, 0.25) is 0 Å². The predicted octanol–water partition coefficient (Wildman–Crippen LogP) is 2.74. The molecule has 5 heteroatoms. The maximum Gasteiger partial charge on any atom is 0.410 e. The molecule has 0 aromatic rings. The normalized spacial score (nSPS) is 27.9. The van der Waals surface area contributed by atoms with Crippen molar-refractivity contribution < 1.29 is 19.4 Å². The molecule has 2 atom stereocenters. The van der Waals surface area contributed by atoms with Crippen LogP contribution in [0.2, 0.25) is 0 Å². The number of carboxylic acid groups (broad SMARTS) is 1. The van der Waals surface area contributed by atoms with Gasteiger partial charge in [-0.15, -0.1) is 0 Å². The van der Waals surface area contributed by atoms with Gasteiger partial charge in [0.1, 0.15) is 5.60 Å². The van der Waals surface area contributed by atoms with Crippen molar-refractivity contribution in [3.05, 3.63) is 0 Å². The zero-order chi connectivity index (χ0) is 14.9. The molecule has 114 valence electrons. The van der Waals surface area contributed by atoms with E-state index in [1.807, 2.05) is 20.8 Å². The molecule has 1 aliphatic heterocycles. The van der Waals surface area contributed by atoms with E-state index >= 15 is 0 Å². The summed E-state index contributed by atoms with van der Waals surface area (Å²) in [5, 5.41) is 9.35. The quantitative estimate of drug-likeness (QED) is 0.846. The molecule has 1 saturated carbocycles. The topological polar surface area (TPSA) is 66.8 Å². The Hall–Kier alpha value is -1.26. The van der Waals surface area contributed by atoms with E-state index in [-0.39, 0.29) is 17.9 Å². The van der Waals surface area contributed by atoms with Gasteiger partial charge in [0.05, 0.1) is 5.92 Å². The van der Waals surface area contributed by atoms with Gasteiger partial charge in [-0.1, -0.05) is 19.3 Å². The minimum atomic E-state index is -0.717. The molecule has 5 nitrogen and oxygen atoms in total. The number of likely N-dealkylation sites (tertiary alicyclic amines) is 1. The van der Waals surface area contributed by atoms with E-state index in [1.54, 1.807) is 4.90 Å². The number of hydrogen-bond acceptors (Lipinski definition) is 3. The first-order valence-corrected chi connectivity index (χ1v) is 7.48. The number of carbonyl (C=O) groups excluding carboxylic acids is 1. The lowest BCUT2D eigenvalue weighted by Gasteiger charge is -2.43. The second kappa shape index (κ2) is 5.62. The second-order valence-electron chi connectivity index (χ2n) is 7.01. The van der Waals surface area contributed by atoms with Gasteiger partial charge in [-0.25, -0.2) is 4.79 Å². The van der Waals surface area contributed by atoms with Crippen molar-refractivity contribution in [2.45, 2.75) is 52.1 Å². The van der Waals surface area contributed by atoms with Crippen LogP contribution in [0.4, 0.5) is 4.79 Å². The van der Waals surface area contributed by atoms with E-state index in [4.69, 9.17) is 4.74 Å². The summed E-state index contributed by atoms with van der Waals surface area (Å²) in [6.45, 7) is 6.54. The van der Waals surface area contributed by atoms with E-state index in [1.165, 1.54) is 6.42 Å². The maximum atomic E-state index is 12.1. The average Bonchev–Trinajstić information content (AvgIpc) is 2.23. The molecule has 1 heterocycles. The Bertz CT molecular complexity index is 384. The lowest BCUT2D eigenvalue weighted by atomic mass is 9.68. The number of hydrogen-bond donors (Lipinski definition) is 1. The van der Waals surface area contributed by atoms with Crippen molar-refractivity contribution >= 4 is 12.1 Å². The van der Waals surface area contributed by atoms with Crippen LogP contribution < -0.4 is 0 Å². The van der Waals surface area contributed by atoms with Crippen LogP contribution in [0.3, 0.4) is 0 Å². The van der Waals surface area contributed by atoms with Gasteiger partial charge in [0, 0.05) is 13.1 Å². The SMILES string of the molecule is CC(C)(C)OC(=O)N1CCC(C(=O)O)C(C2CCC2)C1. The monoisotopic (exact) mass is 283 g/mol. The van der Waals surface area contributed by atoms with Gasteiger partial charge in [0.15, 0.2) is 0 Å². The van der Waals surface area contributed by atoms with Gasteiger partial charge >= 0.3 is 12.1 Å². The number of carboxylic acids is 1. The van der Waals surface area contributed by atoms with Crippen molar-refractivity contribution in [1.82, 2.24) is 4.90 Å². The minimum absolute atomic E-state index is 0.0857. The Morgan fingerprint density at radius 2 is 1.85 bits per heavy atom. The molecule has 1 saturated heterocycles. The summed E-state index contributed by atoms with van der Waals surface area (Å²) >= 11 is 0. The Morgan fingerprint density at radius 3 is 2.30 bits per heavy atom. The molecule has 0 aromatic heterocycles. The summed E-state index contributed by atoms with van der Waals surface area (Å²) in [5.41, 5.74) is -0.507. The summed E-state index contributed by atoms with van der Waals surface area (Å²) in [5.74, 6) is -0.478. The largest absolute Gasteiger partial charge is 0.481 e. The highest BCUT2D eigenvalue weighted by Crippen LogP contribution is 2.41. The molecule has 0 radical (unpaired) electrons. The van der Waals surface area contributed by atoms with Gasteiger partial charge in [-0.2, -0.15) is 0 Å². The van der Waals surface area contributed by atoms with Crippen LogP contribution in [-0.2, 0) is 9.53 Å². The first-order valence-electron chi connectivity index (χ1n) is 7.48. The van der Waals surface area contributed by atoms with Gasteiger partial charge in [0.25, 0.3) is 0 Å². The highest BCUT2D eigenvalue weighted by molar-refractivity contribution is 5.72. The number of amides is 1. The van der Waals surface area contributed by atoms with Gasteiger partial charge in [-0.3, -0.25) is 4.79 Å². The van der Waals surface area contributed by atoms with Gasteiger partial charge in [-0.05, 0) is 39.0 Å². The minimum Gasteiger partial charge on any atom is -0.481 e. The molecule has 1 aliphatic carbocycles. The molecular weight excluding hydrogens is 258 g/mol. The third kappa shape index (κ3) is 3.44. The van der Waals surface area contributed by atoms with E-state index in [9.17, 15) is 14.7 Å².